The molecule has 28 heavy (non-hydrogen) atoms. The zero-order valence-electron chi connectivity index (χ0n) is 15.3. The van der Waals surface area contributed by atoms with Crippen LogP contribution in [-0.2, 0) is 19.4 Å². The summed E-state index contributed by atoms with van der Waals surface area (Å²) >= 11 is 1.34. The van der Waals surface area contributed by atoms with Crippen LogP contribution in [0.5, 0.6) is 0 Å². The molecule has 1 heterocycles. The second-order valence-electron chi connectivity index (χ2n) is 6.57. The molecule has 3 rings (SSSR count). The molecule has 9 heteroatoms. The van der Waals surface area contributed by atoms with Crippen LogP contribution in [0.2, 0.25) is 0 Å². The zero-order valence-corrected chi connectivity index (χ0v) is 16.9. The van der Waals surface area contributed by atoms with E-state index in [4.69, 9.17) is 0 Å². The second-order valence-corrected chi connectivity index (χ2v) is 9.95. The fourth-order valence-corrected chi connectivity index (χ4v) is 4.89. The van der Waals surface area contributed by atoms with Crippen LogP contribution in [0.4, 0.5) is 15.8 Å². The van der Waals surface area contributed by atoms with Gasteiger partial charge in [0.25, 0.3) is 0 Å². The van der Waals surface area contributed by atoms with E-state index in [9.17, 15) is 22.4 Å². The highest BCUT2D eigenvalue weighted by Gasteiger charge is 2.27. The van der Waals surface area contributed by atoms with E-state index < -0.39 is 26.8 Å². The molecule has 0 aromatic heterocycles. The summed E-state index contributed by atoms with van der Waals surface area (Å²) in [7, 11) is -3.79. The van der Waals surface area contributed by atoms with Crippen molar-refractivity contribution >= 4 is 44.8 Å². The molecule has 0 radical (unpaired) electrons. The van der Waals surface area contributed by atoms with Crippen LogP contribution in [-0.4, -0.2) is 31.2 Å². The van der Waals surface area contributed by atoms with Crippen molar-refractivity contribution in [3.05, 3.63) is 47.8 Å². The van der Waals surface area contributed by atoms with Crippen LogP contribution in [0.15, 0.2) is 46.2 Å². The average molecular weight is 423 g/mol. The normalized spacial score (nSPS) is 14.8. The second kappa shape index (κ2) is 7.92. The molecule has 148 valence electrons. The van der Waals surface area contributed by atoms with Gasteiger partial charge in [0.05, 0.1) is 21.6 Å². The maximum Gasteiger partial charge on any atom is 0.234 e. The molecule has 0 unspecified atom stereocenters. The van der Waals surface area contributed by atoms with Crippen molar-refractivity contribution in [2.24, 2.45) is 0 Å². The standard InChI is InChI=1S/C19H19FN2O4S2/c1-11-3-4-13(8-15(11)20)21-18(23)7-12(2)28(25,26)14-5-6-17-16(9-14)22-19(24)10-27-17/h3-6,8-9,12H,7,10H2,1-2H3,(H,21,23)(H,22,24)/t12-/m0/s1. The van der Waals surface area contributed by atoms with Crippen LogP contribution >= 0.6 is 11.8 Å². The summed E-state index contributed by atoms with van der Waals surface area (Å²) in [6, 6.07) is 8.81. The topological polar surface area (TPSA) is 92.3 Å². The summed E-state index contributed by atoms with van der Waals surface area (Å²) in [5.74, 6) is -0.881. The molecule has 2 aromatic rings. The molecular weight excluding hydrogens is 403 g/mol. The van der Waals surface area contributed by atoms with Crippen molar-refractivity contribution in [2.75, 3.05) is 16.4 Å². The Morgan fingerprint density at radius 2 is 2.04 bits per heavy atom. The van der Waals surface area contributed by atoms with Gasteiger partial charge in [0.1, 0.15) is 5.82 Å². The van der Waals surface area contributed by atoms with Gasteiger partial charge < -0.3 is 10.6 Å². The summed E-state index contributed by atoms with van der Waals surface area (Å²) in [6.45, 7) is 3.05. The Bertz CT molecular complexity index is 1050. The summed E-state index contributed by atoms with van der Waals surface area (Å²) in [5.41, 5.74) is 1.17. The number of hydrogen-bond acceptors (Lipinski definition) is 5. The predicted octanol–water partition coefficient (Wildman–Crippen LogP) is 3.37. The highest BCUT2D eigenvalue weighted by atomic mass is 32.2. The predicted molar refractivity (Wildman–Crippen MR) is 107 cm³/mol. The Hall–Kier alpha value is -2.39. The molecule has 0 aliphatic carbocycles. The third-order valence-electron chi connectivity index (χ3n) is 4.37. The van der Waals surface area contributed by atoms with Crippen molar-refractivity contribution in [1.29, 1.82) is 0 Å². The number of amides is 2. The zero-order chi connectivity index (χ0) is 20.5. The summed E-state index contributed by atoms with van der Waals surface area (Å²) in [6.07, 6.45) is -0.282. The molecule has 0 saturated carbocycles. The third kappa shape index (κ3) is 4.36. The van der Waals surface area contributed by atoms with E-state index in [0.717, 1.165) is 4.90 Å². The lowest BCUT2D eigenvalue weighted by Crippen LogP contribution is -2.25. The smallest absolute Gasteiger partial charge is 0.234 e. The van der Waals surface area contributed by atoms with Gasteiger partial charge >= 0.3 is 0 Å². The molecule has 2 aromatic carbocycles. The van der Waals surface area contributed by atoms with E-state index in [0.29, 0.717) is 11.3 Å². The number of rotatable bonds is 5. The molecule has 2 N–H and O–H groups in total. The van der Waals surface area contributed by atoms with Crippen LogP contribution in [0.1, 0.15) is 18.9 Å². The summed E-state index contributed by atoms with van der Waals surface area (Å²) in [5, 5.41) is 4.18. The molecule has 1 aliphatic heterocycles. The quantitative estimate of drug-likeness (QED) is 0.771. The summed E-state index contributed by atoms with van der Waals surface area (Å²) in [4.78, 5) is 24.6. The largest absolute Gasteiger partial charge is 0.326 e. The van der Waals surface area contributed by atoms with Crippen LogP contribution in [0.3, 0.4) is 0 Å². The van der Waals surface area contributed by atoms with Crippen LogP contribution in [0.25, 0.3) is 0 Å². The highest BCUT2D eigenvalue weighted by Crippen LogP contribution is 2.34. The molecule has 0 bridgehead atoms. The first-order chi connectivity index (χ1) is 13.2. The Morgan fingerprint density at radius 1 is 1.29 bits per heavy atom. The molecule has 6 nitrogen and oxygen atoms in total. The van der Waals surface area contributed by atoms with Gasteiger partial charge in [0.15, 0.2) is 9.84 Å². The molecular formula is C19H19FN2O4S2. The van der Waals surface area contributed by atoms with Crippen molar-refractivity contribution in [1.82, 2.24) is 0 Å². The van der Waals surface area contributed by atoms with Crippen LogP contribution in [0, 0.1) is 12.7 Å². The Balaban J connectivity index is 1.73. The van der Waals surface area contributed by atoms with E-state index >= 15 is 0 Å². The first-order valence-corrected chi connectivity index (χ1v) is 11.1. The van der Waals surface area contributed by atoms with Crippen molar-refractivity contribution in [3.8, 4) is 0 Å². The molecule has 2 amide bonds. The average Bonchev–Trinajstić information content (AvgIpc) is 2.64. The van der Waals surface area contributed by atoms with Gasteiger partial charge in [-0.25, -0.2) is 12.8 Å². The minimum Gasteiger partial charge on any atom is -0.326 e. The number of carbonyl (C=O) groups excluding carboxylic acids is 2. The van der Waals surface area contributed by atoms with Gasteiger partial charge in [-0.05, 0) is 49.7 Å². The fourth-order valence-electron chi connectivity index (χ4n) is 2.72. The number of carbonyl (C=O) groups is 2. The minimum atomic E-state index is -3.79. The molecule has 0 fully saturated rings. The van der Waals surface area contributed by atoms with Gasteiger partial charge in [-0.15, -0.1) is 11.8 Å². The first kappa shape index (κ1) is 20.3. The van der Waals surface area contributed by atoms with E-state index in [1.54, 1.807) is 19.1 Å². The molecule has 1 aliphatic rings. The number of halogens is 1. The monoisotopic (exact) mass is 422 g/mol. The van der Waals surface area contributed by atoms with Gasteiger partial charge in [0.2, 0.25) is 11.8 Å². The van der Waals surface area contributed by atoms with Crippen molar-refractivity contribution < 1.29 is 22.4 Å². The summed E-state index contributed by atoms with van der Waals surface area (Å²) < 4.78 is 39.2. The molecule has 0 saturated heterocycles. The highest BCUT2D eigenvalue weighted by molar-refractivity contribution is 8.00. The van der Waals surface area contributed by atoms with E-state index in [1.165, 1.54) is 43.0 Å². The minimum absolute atomic E-state index is 0.0377. The number of anilines is 2. The van der Waals surface area contributed by atoms with Gasteiger partial charge in [-0.3, -0.25) is 9.59 Å². The molecule has 0 spiro atoms. The third-order valence-corrected chi connectivity index (χ3v) is 7.58. The van der Waals surface area contributed by atoms with E-state index in [1.807, 2.05) is 0 Å². The number of aryl methyl sites for hydroxylation is 1. The van der Waals surface area contributed by atoms with Crippen LogP contribution < -0.4 is 10.6 Å². The lowest BCUT2D eigenvalue weighted by molar-refractivity contribution is -0.116. The number of fused-ring (bicyclic) bond motifs is 1. The number of thioether (sulfide) groups is 1. The van der Waals surface area contributed by atoms with Gasteiger partial charge in [-0.1, -0.05) is 6.07 Å². The Kier molecular flexibility index (Phi) is 5.76. The molecule has 1 atom stereocenters. The van der Waals surface area contributed by atoms with Gasteiger partial charge in [0, 0.05) is 17.0 Å². The maximum atomic E-state index is 13.6. The first-order valence-electron chi connectivity index (χ1n) is 8.53. The Morgan fingerprint density at radius 3 is 2.75 bits per heavy atom. The number of nitrogens with one attached hydrogen (secondary N) is 2. The number of sulfone groups is 1. The lowest BCUT2D eigenvalue weighted by atomic mass is 10.2. The Labute approximate surface area is 166 Å². The lowest BCUT2D eigenvalue weighted by Gasteiger charge is -2.18. The van der Waals surface area contributed by atoms with Crippen molar-refractivity contribution in [3.63, 3.8) is 0 Å². The number of benzene rings is 2. The van der Waals surface area contributed by atoms with Gasteiger partial charge in [-0.2, -0.15) is 0 Å². The fraction of sp³-hybridized carbons (Fsp3) is 0.263. The van der Waals surface area contributed by atoms with Crippen molar-refractivity contribution in [2.45, 2.75) is 35.3 Å². The van der Waals surface area contributed by atoms with E-state index in [-0.39, 0.29) is 28.7 Å². The number of hydrogen-bond donors (Lipinski definition) is 2. The van der Waals surface area contributed by atoms with E-state index in [2.05, 4.69) is 10.6 Å². The SMILES string of the molecule is Cc1ccc(NC(=O)C[C@H](C)S(=O)(=O)c2ccc3c(c2)NC(=O)CS3)cc1F. The maximum absolute atomic E-state index is 13.6.